The molecule has 0 saturated carbocycles. The molecule has 2 aliphatic heterocycles. The standard InChI is InChI=1S/C26H33N3O4/c1-19(30)29-14-11-25(12-15-29)33-24-8-6-21(7-9-24)26(32)27-16-23(31)18-28-13-10-20-4-2-3-5-22(20)17-28/h2-9,23,25,31H,10-18H2,1H3,(H,27,32). The second-order valence-electron chi connectivity index (χ2n) is 8.97. The van der Waals surface area contributed by atoms with Crippen LogP contribution < -0.4 is 10.1 Å². The van der Waals surface area contributed by atoms with Gasteiger partial charge in [-0.1, -0.05) is 24.3 Å². The first-order valence-corrected chi connectivity index (χ1v) is 11.8. The minimum atomic E-state index is -0.623. The molecule has 1 fully saturated rings. The highest BCUT2D eigenvalue weighted by molar-refractivity contribution is 5.94. The summed E-state index contributed by atoms with van der Waals surface area (Å²) in [6.45, 7) is 5.51. The Bertz CT molecular complexity index is 954. The van der Waals surface area contributed by atoms with Crippen molar-refractivity contribution in [3.63, 3.8) is 0 Å². The van der Waals surface area contributed by atoms with Gasteiger partial charge >= 0.3 is 0 Å². The van der Waals surface area contributed by atoms with E-state index in [1.165, 1.54) is 11.1 Å². The molecule has 0 aromatic heterocycles. The Hall–Kier alpha value is -2.90. The van der Waals surface area contributed by atoms with Crippen LogP contribution in [0.4, 0.5) is 0 Å². The molecule has 0 spiro atoms. The number of aliphatic hydroxyl groups is 1. The Kier molecular flexibility index (Phi) is 7.62. The van der Waals surface area contributed by atoms with Crippen LogP contribution in [0.3, 0.4) is 0 Å². The third kappa shape index (κ3) is 6.33. The lowest BCUT2D eigenvalue weighted by atomic mass is 10.00. The lowest BCUT2D eigenvalue weighted by Crippen LogP contribution is -2.42. The highest BCUT2D eigenvalue weighted by Crippen LogP contribution is 2.20. The van der Waals surface area contributed by atoms with E-state index >= 15 is 0 Å². The van der Waals surface area contributed by atoms with Gasteiger partial charge in [-0.3, -0.25) is 14.5 Å². The van der Waals surface area contributed by atoms with Crippen LogP contribution in [0.1, 0.15) is 41.3 Å². The number of benzene rings is 2. The number of fused-ring (bicyclic) bond motifs is 1. The number of rotatable bonds is 7. The highest BCUT2D eigenvalue weighted by Gasteiger charge is 2.22. The Morgan fingerprint density at radius 2 is 1.76 bits per heavy atom. The SMILES string of the molecule is CC(=O)N1CCC(Oc2ccc(C(=O)NCC(O)CN3CCc4ccccc4C3)cc2)CC1. The zero-order chi connectivity index (χ0) is 23.2. The largest absolute Gasteiger partial charge is 0.490 e. The third-order valence-corrected chi connectivity index (χ3v) is 6.48. The van der Waals surface area contributed by atoms with E-state index in [9.17, 15) is 14.7 Å². The van der Waals surface area contributed by atoms with E-state index in [0.717, 1.165) is 38.1 Å². The Balaban J connectivity index is 1.19. The zero-order valence-corrected chi connectivity index (χ0v) is 19.2. The number of piperidine rings is 1. The minimum absolute atomic E-state index is 0.0807. The van der Waals surface area contributed by atoms with E-state index in [1.807, 2.05) is 11.0 Å². The van der Waals surface area contributed by atoms with Crippen LogP contribution in [0.5, 0.6) is 5.75 Å². The van der Waals surface area contributed by atoms with Crippen molar-refractivity contribution in [1.29, 1.82) is 0 Å². The molecule has 7 nitrogen and oxygen atoms in total. The molecule has 176 valence electrons. The number of β-amino-alcohol motifs (C(OH)–C–C–N with tert-alkyl or cyclic N) is 1. The van der Waals surface area contributed by atoms with Crippen molar-refractivity contribution in [2.45, 2.75) is 44.9 Å². The molecule has 2 N–H and O–H groups in total. The van der Waals surface area contributed by atoms with Crippen LogP contribution in [0, 0.1) is 0 Å². The average molecular weight is 452 g/mol. The number of hydrogen-bond acceptors (Lipinski definition) is 5. The molecular formula is C26H33N3O4. The maximum Gasteiger partial charge on any atom is 0.251 e. The molecule has 0 radical (unpaired) electrons. The van der Waals surface area contributed by atoms with Gasteiger partial charge < -0.3 is 20.1 Å². The molecule has 4 rings (SSSR count). The first-order chi connectivity index (χ1) is 16.0. The Morgan fingerprint density at radius 3 is 2.45 bits per heavy atom. The summed E-state index contributed by atoms with van der Waals surface area (Å²) < 4.78 is 6.01. The van der Waals surface area contributed by atoms with Crippen molar-refractivity contribution in [2.75, 3.05) is 32.7 Å². The molecule has 2 amide bonds. The fourth-order valence-electron chi connectivity index (χ4n) is 4.55. The van der Waals surface area contributed by atoms with Crippen LogP contribution in [0.15, 0.2) is 48.5 Å². The summed E-state index contributed by atoms with van der Waals surface area (Å²) in [6.07, 6.45) is 2.06. The summed E-state index contributed by atoms with van der Waals surface area (Å²) in [5, 5.41) is 13.3. The fraction of sp³-hybridized carbons (Fsp3) is 0.462. The van der Waals surface area contributed by atoms with Gasteiger partial charge in [0.05, 0.1) is 6.10 Å². The third-order valence-electron chi connectivity index (χ3n) is 6.48. The number of aliphatic hydroxyl groups excluding tert-OH is 1. The molecule has 2 aromatic carbocycles. The maximum atomic E-state index is 12.5. The quantitative estimate of drug-likeness (QED) is 0.675. The second kappa shape index (κ2) is 10.8. The smallest absolute Gasteiger partial charge is 0.251 e. The molecule has 2 aliphatic rings. The number of carbonyl (C=O) groups is 2. The van der Waals surface area contributed by atoms with Crippen LogP contribution in [0.2, 0.25) is 0 Å². The van der Waals surface area contributed by atoms with E-state index < -0.39 is 6.10 Å². The van der Waals surface area contributed by atoms with Crippen LogP contribution >= 0.6 is 0 Å². The molecule has 1 atom stereocenters. The summed E-state index contributed by atoms with van der Waals surface area (Å²) in [6, 6.07) is 15.5. The molecule has 2 aromatic rings. The average Bonchev–Trinajstić information content (AvgIpc) is 2.83. The number of hydrogen-bond donors (Lipinski definition) is 2. The van der Waals surface area contributed by atoms with E-state index in [2.05, 4.69) is 28.4 Å². The summed E-state index contributed by atoms with van der Waals surface area (Å²) in [4.78, 5) is 28.0. The normalized spacial score (nSPS) is 17.8. The second-order valence-corrected chi connectivity index (χ2v) is 8.97. The predicted octanol–water partition coefficient (Wildman–Crippen LogP) is 2.23. The highest BCUT2D eigenvalue weighted by atomic mass is 16.5. The molecule has 2 heterocycles. The van der Waals surface area contributed by atoms with Gasteiger partial charge in [0.1, 0.15) is 11.9 Å². The van der Waals surface area contributed by atoms with Gasteiger partial charge in [0.2, 0.25) is 5.91 Å². The van der Waals surface area contributed by atoms with Crippen LogP contribution in [-0.2, 0) is 17.8 Å². The van der Waals surface area contributed by atoms with Crippen molar-refractivity contribution < 1.29 is 19.4 Å². The van der Waals surface area contributed by atoms with E-state index in [0.29, 0.717) is 25.2 Å². The van der Waals surface area contributed by atoms with Crippen molar-refractivity contribution in [1.82, 2.24) is 15.1 Å². The number of carbonyl (C=O) groups excluding carboxylic acids is 2. The van der Waals surface area contributed by atoms with Crippen LogP contribution in [-0.4, -0.2) is 71.7 Å². The van der Waals surface area contributed by atoms with Crippen molar-refractivity contribution >= 4 is 11.8 Å². The number of nitrogens with one attached hydrogen (secondary N) is 1. The monoisotopic (exact) mass is 451 g/mol. The summed E-state index contributed by atoms with van der Waals surface area (Å²) in [5.41, 5.74) is 3.23. The summed E-state index contributed by atoms with van der Waals surface area (Å²) in [5.74, 6) is 0.618. The molecule has 1 unspecified atom stereocenters. The number of likely N-dealkylation sites (tertiary alicyclic amines) is 1. The molecule has 1 saturated heterocycles. The molecular weight excluding hydrogens is 418 g/mol. The fourth-order valence-corrected chi connectivity index (χ4v) is 4.55. The topological polar surface area (TPSA) is 82.1 Å². The lowest BCUT2D eigenvalue weighted by molar-refractivity contribution is -0.130. The first kappa shape index (κ1) is 23.3. The van der Waals surface area contributed by atoms with Gasteiger partial charge in [-0.15, -0.1) is 0 Å². The van der Waals surface area contributed by atoms with E-state index in [4.69, 9.17) is 4.74 Å². The lowest BCUT2D eigenvalue weighted by Gasteiger charge is -2.31. The van der Waals surface area contributed by atoms with Gasteiger partial charge in [-0.25, -0.2) is 0 Å². The summed E-state index contributed by atoms with van der Waals surface area (Å²) in [7, 11) is 0. The molecule has 7 heteroatoms. The number of amides is 2. The van der Waals surface area contributed by atoms with Crippen molar-refractivity contribution in [2.24, 2.45) is 0 Å². The minimum Gasteiger partial charge on any atom is -0.490 e. The van der Waals surface area contributed by atoms with E-state index in [-0.39, 0.29) is 24.5 Å². The molecule has 33 heavy (non-hydrogen) atoms. The van der Waals surface area contributed by atoms with Gasteiger partial charge in [0, 0.05) is 64.6 Å². The number of ether oxygens (including phenoxy) is 1. The predicted molar refractivity (Wildman–Crippen MR) is 126 cm³/mol. The van der Waals surface area contributed by atoms with Gasteiger partial charge in [-0.05, 0) is 41.8 Å². The van der Waals surface area contributed by atoms with E-state index in [1.54, 1.807) is 31.2 Å². The summed E-state index contributed by atoms with van der Waals surface area (Å²) >= 11 is 0. The van der Waals surface area contributed by atoms with Gasteiger partial charge in [0.25, 0.3) is 5.91 Å². The van der Waals surface area contributed by atoms with Crippen molar-refractivity contribution in [3.8, 4) is 5.75 Å². The van der Waals surface area contributed by atoms with Crippen molar-refractivity contribution in [3.05, 3.63) is 65.2 Å². The zero-order valence-electron chi connectivity index (χ0n) is 19.2. The molecule has 0 aliphatic carbocycles. The number of nitrogens with zero attached hydrogens (tertiary/aromatic N) is 2. The Morgan fingerprint density at radius 1 is 1.06 bits per heavy atom. The van der Waals surface area contributed by atoms with Gasteiger partial charge in [-0.2, -0.15) is 0 Å². The molecule has 0 bridgehead atoms. The van der Waals surface area contributed by atoms with Gasteiger partial charge in [0.15, 0.2) is 0 Å². The maximum absolute atomic E-state index is 12.5. The van der Waals surface area contributed by atoms with Crippen LogP contribution in [0.25, 0.3) is 0 Å². The Labute approximate surface area is 195 Å². The first-order valence-electron chi connectivity index (χ1n) is 11.8.